The van der Waals surface area contributed by atoms with Gasteiger partial charge in [0.2, 0.25) is 0 Å². The van der Waals surface area contributed by atoms with Gasteiger partial charge >= 0.3 is 18.5 Å². The number of benzene rings is 2. The van der Waals surface area contributed by atoms with Gasteiger partial charge in [0.05, 0.1) is 23.5 Å². The molecule has 0 amide bonds. The van der Waals surface area contributed by atoms with Crippen LogP contribution < -0.4 is 14.5 Å². The summed E-state index contributed by atoms with van der Waals surface area (Å²) in [4.78, 5) is 26.2. The Bertz CT molecular complexity index is 1550. The monoisotopic (exact) mass is 695 g/mol. The minimum absolute atomic E-state index is 0. The number of aryl methyl sites for hydroxylation is 1. The molecular formula is C28H32ClF6N7O5. The van der Waals surface area contributed by atoms with Crippen LogP contribution in [0.4, 0.5) is 43.7 Å². The van der Waals surface area contributed by atoms with Crippen LogP contribution in [0.1, 0.15) is 49.3 Å². The predicted molar refractivity (Wildman–Crippen MR) is 158 cm³/mol. The van der Waals surface area contributed by atoms with Gasteiger partial charge in [-0.3, -0.25) is 14.9 Å². The van der Waals surface area contributed by atoms with Crippen LogP contribution in [0.3, 0.4) is 0 Å². The van der Waals surface area contributed by atoms with Crippen molar-refractivity contribution in [3.63, 3.8) is 0 Å². The van der Waals surface area contributed by atoms with E-state index >= 15 is 0 Å². The number of nitro benzene ring substituents is 1. The Balaban J connectivity index is 0.00000600. The van der Waals surface area contributed by atoms with Gasteiger partial charge in [0.1, 0.15) is 5.75 Å². The van der Waals surface area contributed by atoms with Crippen molar-refractivity contribution in [2.45, 2.75) is 58.2 Å². The number of ether oxygens (including phenoxy) is 1. The fraction of sp³-hybridized carbons (Fsp3) is 0.500. The molecule has 0 aliphatic heterocycles. The Morgan fingerprint density at radius 1 is 1.06 bits per heavy atom. The van der Waals surface area contributed by atoms with E-state index in [4.69, 9.17) is 0 Å². The van der Waals surface area contributed by atoms with Crippen LogP contribution in [-0.4, -0.2) is 55.7 Å². The molecule has 12 nitrogen and oxygen atoms in total. The zero-order chi connectivity index (χ0) is 33.8. The normalized spacial score (nSPS) is 16.7. The molecule has 0 saturated heterocycles. The topological polar surface area (TPSA) is 140 Å². The third kappa shape index (κ3) is 10.1. The Morgan fingerprint density at radius 2 is 1.74 bits per heavy atom. The summed E-state index contributed by atoms with van der Waals surface area (Å²) in [7, 11) is 1.44. The summed E-state index contributed by atoms with van der Waals surface area (Å²) in [6, 6.07) is 5.87. The molecule has 0 bridgehead atoms. The largest absolute Gasteiger partial charge is 0.573 e. The van der Waals surface area contributed by atoms with Crippen LogP contribution in [-0.2, 0) is 31.1 Å². The van der Waals surface area contributed by atoms with Crippen LogP contribution in [0.15, 0.2) is 36.4 Å². The van der Waals surface area contributed by atoms with E-state index in [9.17, 15) is 46.4 Å². The van der Waals surface area contributed by atoms with Gasteiger partial charge in [0.25, 0.3) is 11.6 Å². The Kier molecular flexibility index (Phi) is 11.9. The van der Waals surface area contributed by atoms with Gasteiger partial charge in [-0.2, -0.15) is 18.0 Å². The van der Waals surface area contributed by atoms with Crippen molar-refractivity contribution in [3.8, 4) is 5.75 Å². The fourth-order valence-electron chi connectivity index (χ4n) is 5.55. The highest BCUT2D eigenvalue weighted by Gasteiger charge is 2.34. The highest BCUT2D eigenvalue weighted by Crippen LogP contribution is 2.36. The number of non-ortho nitro benzene ring substituents is 1. The van der Waals surface area contributed by atoms with Crippen LogP contribution >= 0.6 is 12.4 Å². The number of carboxylic acid groups (broad SMARTS) is 1. The number of hydrogen-bond acceptors (Lipinski definition) is 9. The summed E-state index contributed by atoms with van der Waals surface area (Å²) in [6.07, 6.45) is -7.62. The summed E-state index contributed by atoms with van der Waals surface area (Å²) in [6.45, 7) is 2.09. The number of aliphatic carboxylic acids is 1. The molecule has 1 saturated carbocycles. The number of halogens is 7. The Labute approximate surface area is 270 Å². The van der Waals surface area contributed by atoms with E-state index in [1.165, 1.54) is 18.0 Å². The molecule has 19 heteroatoms. The number of nitrogens with zero attached hydrogens (tertiary/aromatic N) is 7. The lowest BCUT2D eigenvalue weighted by Crippen LogP contribution is -2.34. The summed E-state index contributed by atoms with van der Waals surface area (Å²) < 4.78 is 84.6. The van der Waals surface area contributed by atoms with Gasteiger partial charge in [0.15, 0.2) is 0 Å². The third-order valence-corrected chi connectivity index (χ3v) is 7.71. The van der Waals surface area contributed by atoms with E-state index in [1.54, 1.807) is 0 Å². The first-order valence-electron chi connectivity index (χ1n) is 14.2. The Hall–Kier alpha value is -4.35. The maximum Gasteiger partial charge on any atom is 0.573 e. The molecular weight excluding hydrogens is 664 g/mol. The number of rotatable bonds is 12. The smallest absolute Gasteiger partial charge is 0.481 e. The molecule has 0 spiro atoms. The first kappa shape index (κ1) is 37.1. The van der Waals surface area contributed by atoms with Gasteiger partial charge in [-0.25, -0.2) is 0 Å². The zero-order valence-corrected chi connectivity index (χ0v) is 26.0. The van der Waals surface area contributed by atoms with Crippen molar-refractivity contribution in [3.05, 3.63) is 63.2 Å². The van der Waals surface area contributed by atoms with Crippen molar-refractivity contribution >= 4 is 35.7 Å². The number of carbonyl (C=O) groups is 1. The molecule has 0 atom stereocenters. The van der Waals surface area contributed by atoms with Gasteiger partial charge < -0.3 is 19.6 Å². The molecule has 258 valence electrons. The molecule has 1 aromatic heterocycles. The average Bonchev–Trinajstić information content (AvgIpc) is 3.41. The van der Waals surface area contributed by atoms with Crippen molar-refractivity contribution in [1.82, 2.24) is 20.2 Å². The molecule has 3 aromatic rings. The quantitative estimate of drug-likeness (QED) is 0.129. The first-order valence-corrected chi connectivity index (χ1v) is 14.2. The third-order valence-electron chi connectivity index (χ3n) is 7.71. The summed E-state index contributed by atoms with van der Waals surface area (Å²) >= 11 is 0. The predicted octanol–water partition coefficient (Wildman–Crippen LogP) is 6.38. The van der Waals surface area contributed by atoms with Gasteiger partial charge in [-0.05, 0) is 79.1 Å². The molecule has 47 heavy (non-hydrogen) atoms. The van der Waals surface area contributed by atoms with E-state index in [1.807, 2.05) is 11.8 Å². The van der Waals surface area contributed by atoms with E-state index in [0.717, 1.165) is 29.1 Å². The van der Waals surface area contributed by atoms with Crippen molar-refractivity contribution in [2.24, 2.45) is 18.9 Å². The lowest BCUT2D eigenvalue weighted by atomic mass is 9.81. The second kappa shape index (κ2) is 15.0. The molecule has 2 aromatic carbocycles. The van der Waals surface area contributed by atoms with E-state index in [2.05, 4.69) is 20.1 Å². The van der Waals surface area contributed by atoms with Crippen LogP contribution in [0.25, 0.3) is 0 Å². The molecule has 1 N–H and O–H groups in total. The molecule has 4 rings (SSSR count). The zero-order valence-electron chi connectivity index (χ0n) is 25.2. The Morgan fingerprint density at radius 3 is 2.28 bits per heavy atom. The van der Waals surface area contributed by atoms with Crippen LogP contribution in [0, 0.1) is 22.0 Å². The van der Waals surface area contributed by atoms with Crippen molar-refractivity contribution < 1.29 is 45.9 Å². The van der Waals surface area contributed by atoms with Crippen molar-refractivity contribution in [1.29, 1.82) is 0 Å². The second-order valence-electron chi connectivity index (χ2n) is 11.0. The number of carboxylic acids is 1. The summed E-state index contributed by atoms with van der Waals surface area (Å²) in [5.41, 5.74) is -1.40. The molecule has 1 aliphatic rings. The minimum Gasteiger partial charge on any atom is -0.481 e. The van der Waals surface area contributed by atoms with E-state index in [0.29, 0.717) is 50.5 Å². The van der Waals surface area contributed by atoms with Crippen LogP contribution in [0.5, 0.6) is 5.75 Å². The van der Waals surface area contributed by atoms with E-state index < -0.39 is 52.9 Å². The van der Waals surface area contributed by atoms with E-state index in [-0.39, 0.29) is 41.9 Å². The van der Waals surface area contributed by atoms with Gasteiger partial charge in [0, 0.05) is 44.0 Å². The molecule has 0 radical (unpaired) electrons. The lowest BCUT2D eigenvalue weighted by Gasteiger charge is -2.34. The first-order chi connectivity index (χ1) is 21.5. The minimum atomic E-state index is -5.00. The number of aromatic nitrogens is 4. The summed E-state index contributed by atoms with van der Waals surface area (Å²) in [5.74, 6) is -1.80. The highest BCUT2D eigenvalue weighted by atomic mass is 35.5. The number of alkyl halides is 6. The highest BCUT2D eigenvalue weighted by molar-refractivity contribution is 5.85. The van der Waals surface area contributed by atoms with Crippen molar-refractivity contribution in [2.75, 3.05) is 22.9 Å². The second-order valence-corrected chi connectivity index (χ2v) is 11.0. The number of anilines is 2. The maximum atomic E-state index is 13.6. The maximum absolute atomic E-state index is 13.6. The van der Waals surface area contributed by atoms with Crippen LogP contribution in [0.2, 0.25) is 0 Å². The SMILES string of the molecule is CCN(CC1CCC(C(=O)O)CC1)c1ccc(OC(F)(F)F)cc1CN(Cc1cc([N+](=O)[O-])cc(C(F)(F)F)c1)c1nnn(C)n1.Cl. The van der Waals surface area contributed by atoms with Gasteiger partial charge in [-0.15, -0.1) is 30.7 Å². The fourth-order valence-corrected chi connectivity index (χ4v) is 5.55. The lowest BCUT2D eigenvalue weighted by molar-refractivity contribution is -0.385. The average molecular weight is 696 g/mol. The number of hydrogen-bond donors (Lipinski definition) is 1. The molecule has 1 heterocycles. The standard InChI is InChI=1S/C28H31F6N7O5.ClH/c1-3-39(14-17-4-6-19(7-5-17)25(42)43)24-9-8-23(46-28(32,33)34)12-20(24)16-40(26-35-37-38(2)36-26)15-18-10-21(27(29,30)31)13-22(11-18)41(44)45;/h8-13,17,19H,3-7,14-16H2,1-2H3,(H,42,43);1H. The molecule has 1 fully saturated rings. The molecule has 1 aliphatic carbocycles. The summed E-state index contributed by atoms with van der Waals surface area (Å²) in [5, 5.41) is 32.6. The molecule has 0 unspecified atom stereocenters. The van der Waals surface area contributed by atoms with Gasteiger partial charge in [-0.1, -0.05) is 5.10 Å². The number of tetrazole rings is 1. The number of nitro groups is 1.